The third kappa shape index (κ3) is 6.79. The molecular formula is C30H34F3N5O3. The quantitative estimate of drug-likeness (QED) is 0.350. The van der Waals surface area contributed by atoms with E-state index < -0.39 is 17.6 Å². The van der Waals surface area contributed by atoms with Crippen LogP contribution in [0.2, 0.25) is 0 Å². The number of halogens is 3. The third-order valence-electron chi connectivity index (χ3n) is 7.62. The fraction of sp³-hybridized carbons (Fsp3) is 0.433. The maximum Gasteiger partial charge on any atom is 0.423 e. The Hall–Kier alpha value is -3.70. The van der Waals surface area contributed by atoms with Crippen molar-refractivity contribution < 1.29 is 27.4 Å². The summed E-state index contributed by atoms with van der Waals surface area (Å²) in [5.74, 6) is -0.527. The smallest absolute Gasteiger partial charge is 0.423 e. The number of piperidine rings is 1. The van der Waals surface area contributed by atoms with E-state index in [4.69, 9.17) is 9.47 Å². The van der Waals surface area contributed by atoms with E-state index in [9.17, 15) is 18.0 Å². The Bertz CT molecular complexity index is 1390. The number of ether oxygens (including phenoxy) is 2. The van der Waals surface area contributed by atoms with E-state index in [1.165, 1.54) is 0 Å². The van der Waals surface area contributed by atoms with E-state index in [1.54, 1.807) is 30.3 Å². The highest BCUT2D eigenvalue weighted by Crippen LogP contribution is 2.39. The summed E-state index contributed by atoms with van der Waals surface area (Å²) in [6.07, 6.45) is -0.938. The molecule has 1 saturated heterocycles. The summed E-state index contributed by atoms with van der Waals surface area (Å²) in [5.41, 5.74) is 2.52. The van der Waals surface area contributed by atoms with Gasteiger partial charge in [0.2, 0.25) is 11.8 Å². The SMILES string of the molecule is CCc1cc(C(=O)NC2CCN(CC)CC2)ccc1Nc1ncc(C(F)(F)F)c(Oc2cccc3c2COCC3)n1. The fourth-order valence-electron chi connectivity index (χ4n) is 5.20. The number of anilines is 2. The minimum Gasteiger partial charge on any atom is -0.438 e. The summed E-state index contributed by atoms with van der Waals surface area (Å²) in [6, 6.07) is 10.6. The lowest BCUT2D eigenvalue weighted by Crippen LogP contribution is -2.44. The maximum atomic E-state index is 13.8. The van der Waals surface area contributed by atoms with Crippen molar-refractivity contribution in [2.45, 2.75) is 58.4 Å². The normalized spacial score (nSPS) is 16.2. The van der Waals surface area contributed by atoms with Crippen LogP contribution in [0.1, 0.15) is 59.3 Å². The van der Waals surface area contributed by atoms with Gasteiger partial charge in [0.25, 0.3) is 5.91 Å². The van der Waals surface area contributed by atoms with Crippen LogP contribution in [0.5, 0.6) is 11.6 Å². The molecule has 1 amide bonds. The average Bonchev–Trinajstić information content (AvgIpc) is 2.97. The van der Waals surface area contributed by atoms with Crippen molar-refractivity contribution in [1.82, 2.24) is 20.2 Å². The molecule has 2 N–H and O–H groups in total. The van der Waals surface area contributed by atoms with Gasteiger partial charge in [-0.15, -0.1) is 0 Å². The van der Waals surface area contributed by atoms with Crippen LogP contribution < -0.4 is 15.4 Å². The molecule has 0 bridgehead atoms. The number of likely N-dealkylation sites (tertiary alicyclic amines) is 1. The second-order valence-corrected chi connectivity index (χ2v) is 10.2. The largest absolute Gasteiger partial charge is 0.438 e. The Morgan fingerprint density at radius 3 is 2.71 bits per heavy atom. The molecule has 11 heteroatoms. The summed E-state index contributed by atoms with van der Waals surface area (Å²) in [4.78, 5) is 23.3. The first-order valence-corrected chi connectivity index (χ1v) is 14.0. The van der Waals surface area contributed by atoms with Crippen molar-refractivity contribution in [2.24, 2.45) is 0 Å². The highest BCUT2D eigenvalue weighted by Gasteiger charge is 2.37. The van der Waals surface area contributed by atoms with Crippen molar-refractivity contribution in [3.63, 3.8) is 0 Å². The van der Waals surface area contributed by atoms with Crippen molar-refractivity contribution in [3.8, 4) is 11.6 Å². The number of aromatic nitrogens is 2. The number of nitrogens with zero attached hydrogens (tertiary/aromatic N) is 3. The molecule has 2 aromatic carbocycles. The number of amides is 1. The van der Waals surface area contributed by atoms with Crippen molar-refractivity contribution in [3.05, 3.63) is 70.4 Å². The number of benzene rings is 2. The Kier molecular flexibility index (Phi) is 8.74. The molecule has 1 fully saturated rings. The van der Waals surface area contributed by atoms with Gasteiger partial charge in [-0.3, -0.25) is 4.79 Å². The fourth-order valence-corrected chi connectivity index (χ4v) is 5.20. The van der Waals surface area contributed by atoms with Crippen LogP contribution in [-0.4, -0.2) is 53.1 Å². The second kappa shape index (κ2) is 12.4. The third-order valence-corrected chi connectivity index (χ3v) is 7.62. The number of nitrogens with one attached hydrogen (secondary N) is 2. The molecule has 0 radical (unpaired) electrons. The summed E-state index contributed by atoms with van der Waals surface area (Å²) < 4.78 is 52.8. The molecule has 2 aliphatic heterocycles. The van der Waals surface area contributed by atoms with Crippen LogP contribution in [0.25, 0.3) is 0 Å². The zero-order valence-electron chi connectivity index (χ0n) is 23.2. The molecule has 2 aliphatic rings. The lowest BCUT2D eigenvalue weighted by molar-refractivity contribution is -0.139. The number of aryl methyl sites for hydroxylation is 1. The predicted molar refractivity (Wildman–Crippen MR) is 149 cm³/mol. The maximum absolute atomic E-state index is 13.8. The number of hydrogen-bond donors (Lipinski definition) is 2. The average molecular weight is 570 g/mol. The van der Waals surface area contributed by atoms with E-state index in [1.807, 2.05) is 13.0 Å². The van der Waals surface area contributed by atoms with Gasteiger partial charge in [0.1, 0.15) is 11.3 Å². The zero-order chi connectivity index (χ0) is 29.0. The number of alkyl halides is 3. The van der Waals surface area contributed by atoms with Gasteiger partial charge in [0, 0.05) is 42.1 Å². The molecule has 0 spiro atoms. The van der Waals surface area contributed by atoms with E-state index >= 15 is 0 Å². The monoisotopic (exact) mass is 569 g/mol. The minimum absolute atomic E-state index is 0.0522. The van der Waals surface area contributed by atoms with Gasteiger partial charge in [-0.2, -0.15) is 18.2 Å². The highest BCUT2D eigenvalue weighted by atomic mass is 19.4. The first-order chi connectivity index (χ1) is 19.7. The molecule has 0 aliphatic carbocycles. The number of hydrogen-bond acceptors (Lipinski definition) is 7. The first kappa shape index (κ1) is 28.8. The molecule has 3 heterocycles. The minimum atomic E-state index is -4.71. The van der Waals surface area contributed by atoms with Crippen LogP contribution >= 0.6 is 0 Å². The molecule has 0 saturated carbocycles. The number of carbonyl (C=O) groups is 1. The number of fused-ring (bicyclic) bond motifs is 1. The molecule has 5 rings (SSSR count). The Balaban J connectivity index is 1.35. The highest BCUT2D eigenvalue weighted by molar-refractivity contribution is 5.95. The molecule has 218 valence electrons. The van der Waals surface area contributed by atoms with Crippen LogP contribution in [0.4, 0.5) is 24.8 Å². The van der Waals surface area contributed by atoms with E-state index in [2.05, 4.69) is 32.4 Å². The van der Waals surface area contributed by atoms with Gasteiger partial charge < -0.3 is 25.0 Å². The standard InChI is InChI=1S/C30H34F3N5O3/c1-3-19-16-21(27(39)35-22-10-13-38(4-2)14-11-22)8-9-25(19)36-29-34-17-24(30(31,32)33)28(37-29)41-26-7-5-6-20-12-15-40-18-23(20)26/h5-9,16-17,22H,3-4,10-15,18H2,1-2H3,(H,35,39)(H,34,36,37). The van der Waals surface area contributed by atoms with Crippen LogP contribution in [0, 0.1) is 0 Å². The topological polar surface area (TPSA) is 88.6 Å². The van der Waals surface area contributed by atoms with Gasteiger partial charge in [0.05, 0.1) is 13.2 Å². The summed E-state index contributed by atoms with van der Waals surface area (Å²) in [5, 5.41) is 6.15. The lowest BCUT2D eigenvalue weighted by atomic mass is 10.0. The van der Waals surface area contributed by atoms with E-state index in [-0.39, 0.29) is 30.3 Å². The van der Waals surface area contributed by atoms with Crippen molar-refractivity contribution >= 4 is 17.5 Å². The molecule has 41 heavy (non-hydrogen) atoms. The zero-order valence-corrected chi connectivity index (χ0v) is 23.2. The molecule has 0 atom stereocenters. The van der Waals surface area contributed by atoms with Gasteiger partial charge in [0.15, 0.2) is 0 Å². The molecule has 3 aromatic rings. The number of rotatable bonds is 8. The van der Waals surface area contributed by atoms with Crippen molar-refractivity contribution in [1.29, 1.82) is 0 Å². The predicted octanol–water partition coefficient (Wildman–Crippen LogP) is 5.88. The van der Waals surface area contributed by atoms with Crippen LogP contribution in [0.15, 0.2) is 42.6 Å². The molecule has 1 aromatic heterocycles. The Morgan fingerprint density at radius 2 is 1.98 bits per heavy atom. The van der Waals surface area contributed by atoms with Gasteiger partial charge in [-0.05, 0) is 67.6 Å². The molecule has 8 nitrogen and oxygen atoms in total. The van der Waals surface area contributed by atoms with Crippen LogP contribution in [0.3, 0.4) is 0 Å². The van der Waals surface area contributed by atoms with E-state index in [0.717, 1.165) is 43.6 Å². The summed E-state index contributed by atoms with van der Waals surface area (Å²) >= 11 is 0. The summed E-state index contributed by atoms with van der Waals surface area (Å²) in [6.45, 7) is 7.80. The van der Waals surface area contributed by atoms with Crippen LogP contribution in [-0.2, 0) is 30.4 Å². The molecule has 0 unspecified atom stereocenters. The summed E-state index contributed by atoms with van der Waals surface area (Å²) in [7, 11) is 0. The van der Waals surface area contributed by atoms with Crippen molar-refractivity contribution in [2.75, 3.05) is 31.6 Å². The van der Waals surface area contributed by atoms with Gasteiger partial charge >= 0.3 is 6.18 Å². The second-order valence-electron chi connectivity index (χ2n) is 10.2. The van der Waals surface area contributed by atoms with Gasteiger partial charge in [-0.1, -0.05) is 26.0 Å². The number of carbonyl (C=O) groups excluding carboxylic acids is 1. The van der Waals surface area contributed by atoms with Gasteiger partial charge in [-0.25, -0.2) is 4.98 Å². The first-order valence-electron chi connectivity index (χ1n) is 14.0. The molecular weight excluding hydrogens is 535 g/mol. The Morgan fingerprint density at radius 1 is 1.17 bits per heavy atom. The van der Waals surface area contributed by atoms with E-state index in [0.29, 0.717) is 42.5 Å². The Labute approximate surface area is 237 Å². The lowest BCUT2D eigenvalue weighted by Gasteiger charge is -2.31.